The van der Waals surface area contributed by atoms with Crippen molar-refractivity contribution in [3.63, 3.8) is 0 Å². The van der Waals surface area contributed by atoms with Gasteiger partial charge in [0.1, 0.15) is 12.4 Å². The maximum Gasteiger partial charge on any atom is 0.320 e. The summed E-state index contributed by atoms with van der Waals surface area (Å²) in [6.45, 7) is 2.54. The van der Waals surface area contributed by atoms with Crippen LogP contribution in [0.3, 0.4) is 0 Å². The van der Waals surface area contributed by atoms with Crippen LogP contribution in [0.1, 0.15) is 18.9 Å². The Morgan fingerprint density at radius 1 is 1.33 bits per heavy atom. The molecule has 0 aliphatic rings. The average Bonchev–Trinajstić information content (AvgIpc) is 2.60. The van der Waals surface area contributed by atoms with Crippen LogP contribution in [0.25, 0.3) is 0 Å². The molecule has 0 saturated carbocycles. The number of urea groups is 1. The van der Waals surface area contributed by atoms with E-state index < -0.39 is 11.8 Å². The molecule has 1 heterocycles. The van der Waals surface area contributed by atoms with E-state index in [1.165, 1.54) is 0 Å². The number of amides is 2. The molecule has 2 aromatic rings. The second-order valence-corrected chi connectivity index (χ2v) is 4.83. The third-order valence-corrected chi connectivity index (χ3v) is 3.04. The van der Waals surface area contributed by atoms with Crippen molar-refractivity contribution < 1.29 is 18.7 Å². The first-order valence-electron chi connectivity index (χ1n) is 7.46. The summed E-state index contributed by atoms with van der Waals surface area (Å²) in [5.74, 6) is -0.322. The number of para-hydroxylation sites is 1. The Balaban J connectivity index is 2.03. The number of anilines is 1. The lowest BCUT2D eigenvalue weighted by molar-refractivity contribution is 0.251. The zero-order valence-corrected chi connectivity index (χ0v) is 13.5. The van der Waals surface area contributed by atoms with Crippen LogP contribution in [0.2, 0.25) is 0 Å². The fourth-order valence-corrected chi connectivity index (χ4v) is 1.86. The summed E-state index contributed by atoms with van der Waals surface area (Å²) in [6.07, 6.45) is 1.72. The number of aromatic nitrogens is 2. The number of hydrogen-bond acceptors (Lipinski definition) is 5. The van der Waals surface area contributed by atoms with E-state index >= 15 is 0 Å². The van der Waals surface area contributed by atoms with Crippen LogP contribution >= 0.6 is 0 Å². The molecule has 8 heteroatoms. The van der Waals surface area contributed by atoms with Gasteiger partial charge in [0.15, 0.2) is 11.6 Å². The minimum Gasteiger partial charge on any atom is -0.496 e. The highest BCUT2D eigenvalue weighted by molar-refractivity contribution is 5.88. The zero-order chi connectivity index (χ0) is 17.4. The Bertz CT molecular complexity index is 697. The highest BCUT2D eigenvalue weighted by atomic mass is 19.1. The molecule has 0 atom stereocenters. The minimum absolute atomic E-state index is 0.0481. The van der Waals surface area contributed by atoms with Gasteiger partial charge in [-0.15, -0.1) is 0 Å². The molecular weight excluding hydrogens is 315 g/mol. The molecule has 1 aromatic carbocycles. The first-order chi connectivity index (χ1) is 11.6. The van der Waals surface area contributed by atoms with E-state index in [1.54, 1.807) is 13.2 Å². The number of carbonyl (C=O) groups excluding carboxylic acids is 1. The largest absolute Gasteiger partial charge is 0.496 e. The predicted octanol–water partition coefficient (Wildman–Crippen LogP) is 2.73. The SMILES string of the molecule is CCCNC(=O)Nc1nc(OCc2ccccc2OC)ncc1F. The molecule has 0 spiro atoms. The van der Waals surface area contributed by atoms with Crippen LogP contribution in [-0.4, -0.2) is 29.7 Å². The minimum atomic E-state index is -0.744. The molecule has 2 N–H and O–H groups in total. The maximum absolute atomic E-state index is 13.7. The molecule has 0 aliphatic carbocycles. The van der Waals surface area contributed by atoms with Crippen LogP contribution in [0.4, 0.5) is 15.0 Å². The molecule has 0 aliphatic heterocycles. The first-order valence-corrected chi connectivity index (χ1v) is 7.46. The standard InChI is InChI=1S/C16H19FN4O3/c1-3-8-18-15(22)20-14-12(17)9-19-16(21-14)24-10-11-6-4-5-7-13(11)23-2/h4-7,9H,3,8,10H2,1-2H3,(H2,18,19,20,21,22). The van der Waals surface area contributed by atoms with Crippen molar-refractivity contribution in [1.82, 2.24) is 15.3 Å². The van der Waals surface area contributed by atoms with Crippen LogP contribution < -0.4 is 20.1 Å². The van der Waals surface area contributed by atoms with Gasteiger partial charge in [-0.2, -0.15) is 4.98 Å². The first kappa shape index (κ1) is 17.5. The van der Waals surface area contributed by atoms with Gasteiger partial charge in [0, 0.05) is 12.1 Å². The molecule has 0 saturated heterocycles. The van der Waals surface area contributed by atoms with Gasteiger partial charge < -0.3 is 14.8 Å². The highest BCUT2D eigenvalue weighted by Gasteiger charge is 2.12. The summed E-state index contributed by atoms with van der Waals surface area (Å²) in [4.78, 5) is 19.2. The number of hydrogen-bond donors (Lipinski definition) is 2. The predicted molar refractivity (Wildman–Crippen MR) is 86.6 cm³/mol. The number of ether oxygens (including phenoxy) is 2. The van der Waals surface area contributed by atoms with Gasteiger partial charge in [0.05, 0.1) is 13.3 Å². The van der Waals surface area contributed by atoms with E-state index in [0.29, 0.717) is 12.3 Å². The van der Waals surface area contributed by atoms with Crippen molar-refractivity contribution in [3.8, 4) is 11.8 Å². The Hall–Kier alpha value is -2.90. The lowest BCUT2D eigenvalue weighted by Crippen LogP contribution is -2.30. The molecule has 1 aromatic heterocycles. The van der Waals surface area contributed by atoms with Gasteiger partial charge in [0.2, 0.25) is 0 Å². The van der Waals surface area contributed by atoms with Gasteiger partial charge in [-0.25, -0.2) is 14.2 Å². The zero-order valence-electron chi connectivity index (χ0n) is 13.5. The maximum atomic E-state index is 13.7. The number of nitrogens with zero attached hydrogens (tertiary/aromatic N) is 2. The molecule has 2 amide bonds. The van der Waals surface area contributed by atoms with E-state index in [4.69, 9.17) is 9.47 Å². The molecule has 0 unspecified atom stereocenters. The Morgan fingerprint density at radius 2 is 2.12 bits per heavy atom. The number of nitrogens with one attached hydrogen (secondary N) is 2. The topological polar surface area (TPSA) is 85.4 Å². The van der Waals surface area contributed by atoms with E-state index in [0.717, 1.165) is 18.2 Å². The second-order valence-electron chi connectivity index (χ2n) is 4.83. The van der Waals surface area contributed by atoms with Crippen LogP contribution in [0.5, 0.6) is 11.8 Å². The van der Waals surface area contributed by atoms with Crippen LogP contribution in [0, 0.1) is 5.82 Å². The second kappa shape index (κ2) is 8.66. The lowest BCUT2D eigenvalue weighted by Gasteiger charge is -2.10. The molecule has 0 bridgehead atoms. The summed E-state index contributed by atoms with van der Waals surface area (Å²) >= 11 is 0. The lowest BCUT2D eigenvalue weighted by atomic mass is 10.2. The van der Waals surface area contributed by atoms with Crippen molar-refractivity contribution in [2.45, 2.75) is 20.0 Å². The summed E-state index contributed by atoms with van der Waals surface area (Å²) < 4.78 is 24.4. The summed E-state index contributed by atoms with van der Waals surface area (Å²) in [5.41, 5.74) is 0.795. The number of halogens is 1. The van der Waals surface area contributed by atoms with E-state index in [9.17, 15) is 9.18 Å². The molecule has 24 heavy (non-hydrogen) atoms. The van der Waals surface area contributed by atoms with Crippen LogP contribution in [0.15, 0.2) is 30.5 Å². The van der Waals surface area contributed by atoms with E-state index in [1.807, 2.05) is 25.1 Å². The molecule has 7 nitrogen and oxygen atoms in total. The number of benzene rings is 1. The molecule has 0 fully saturated rings. The Labute approximate surface area is 139 Å². The van der Waals surface area contributed by atoms with Crippen molar-refractivity contribution in [1.29, 1.82) is 0 Å². The molecule has 2 rings (SSSR count). The van der Waals surface area contributed by atoms with Gasteiger partial charge in [-0.1, -0.05) is 25.1 Å². The average molecular weight is 334 g/mol. The van der Waals surface area contributed by atoms with Gasteiger partial charge in [-0.3, -0.25) is 5.32 Å². The van der Waals surface area contributed by atoms with Gasteiger partial charge in [-0.05, 0) is 12.5 Å². The van der Waals surface area contributed by atoms with Crippen molar-refractivity contribution in [2.24, 2.45) is 0 Å². The normalized spacial score (nSPS) is 10.1. The fraction of sp³-hybridized carbons (Fsp3) is 0.312. The van der Waals surface area contributed by atoms with Crippen molar-refractivity contribution in [3.05, 3.63) is 41.8 Å². The molecule has 0 radical (unpaired) electrons. The smallest absolute Gasteiger partial charge is 0.320 e. The third-order valence-electron chi connectivity index (χ3n) is 3.04. The fourth-order valence-electron chi connectivity index (χ4n) is 1.86. The summed E-state index contributed by atoms with van der Waals surface area (Å²) in [7, 11) is 1.56. The molecule has 128 valence electrons. The Kier molecular flexibility index (Phi) is 6.30. The highest BCUT2D eigenvalue weighted by Crippen LogP contribution is 2.19. The molecular formula is C16H19FN4O3. The summed E-state index contributed by atoms with van der Waals surface area (Å²) in [5, 5.41) is 4.89. The number of carbonyl (C=O) groups is 1. The van der Waals surface area contributed by atoms with Crippen LogP contribution in [-0.2, 0) is 6.61 Å². The number of rotatable bonds is 7. The van der Waals surface area contributed by atoms with Crippen molar-refractivity contribution >= 4 is 11.8 Å². The van der Waals surface area contributed by atoms with E-state index in [-0.39, 0.29) is 18.4 Å². The van der Waals surface area contributed by atoms with Crippen molar-refractivity contribution in [2.75, 3.05) is 19.0 Å². The summed E-state index contributed by atoms with van der Waals surface area (Å²) in [6, 6.07) is 6.73. The monoisotopic (exact) mass is 334 g/mol. The van der Waals surface area contributed by atoms with Gasteiger partial charge >= 0.3 is 12.0 Å². The third kappa shape index (κ3) is 4.80. The van der Waals surface area contributed by atoms with Gasteiger partial charge in [0.25, 0.3) is 0 Å². The quantitative estimate of drug-likeness (QED) is 0.813. The number of methoxy groups -OCH3 is 1. The Morgan fingerprint density at radius 3 is 2.88 bits per heavy atom. The van der Waals surface area contributed by atoms with E-state index in [2.05, 4.69) is 20.6 Å².